The molecule has 36 heavy (non-hydrogen) atoms. The third-order valence-electron chi connectivity index (χ3n) is 6.32. The molecule has 0 unspecified atom stereocenters. The van der Waals surface area contributed by atoms with E-state index in [0.717, 1.165) is 28.3 Å². The normalized spacial score (nSPS) is 13.7. The van der Waals surface area contributed by atoms with Crippen LogP contribution in [0.25, 0.3) is 11.0 Å². The van der Waals surface area contributed by atoms with Crippen LogP contribution >= 0.6 is 11.3 Å². The van der Waals surface area contributed by atoms with Crippen LogP contribution in [0.5, 0.6) is 0 Å². The van der Waals surface area contributed by atoms with Gasteiger partial charge in [-0.1, -0.05) is 24.3 Å². The average Bonchev–Trinajstić information content (AvgIpc) is 3.42. The second-order valence-corrected chi connectivity index (χ2v) is 9.95. The van der Waals surface area contributed by atoms with Crippen molar-refractivity contribution in [2.24, 2.45) is 0 Å². The Morgan fingerprint density at radius 2 is 1.83 bits per heavy atom. The molecule has 1 aromatic carbocycles. The highest BCUT2D eigenvalue weighted by molar-refractivity contribution is 7.12. The predicted octanol–water partition coefficient (Wildman–Crippen LogP) is 4.92. The number of carboxylic acids is 1. The lowest BCUT2D eigenvalue weighted by Crippen LogP contribution is -2.37. The molecule has 0 saturated carbocycles. The molecule has 186 valence electrons. The molecule has 4 aromatic rings. The van der Waals surface area contributed by atoms with Gasteiger partial charge in [0.05, 0.1) is 25.9 Å². The van der Waals surface area contributed by atoms with Crippen molar-refractivity contribution >= 4 is 34.2 Å². The maximum atomic E-state index is 13.2. The predicted molar refractivity (Wildman–Crippen MR) is 129 cm³/mol. The van der Waals surface area contributed by atoms with Crippen molar-refractivity contribution in [3.8, 4) is 0 Å². The summed E-state index contributed by atoms with van der Waals surface area (Å²) in [6, 6.07) is 13.4. The first-order valence-electron chi connectivity index (χ1n) is 11.4. The molecule has 3 aromatic heterocycles. The number of carbonyl (C=O) groups excluding carboxylic acids is 1. The molecule has 10 heteroatoms. The molecule has 0 saturated heterocycles. The van der Waals surface area contributed by atoms with E-state index in [9.17, 15) is 22.8 Å². The maximum absolute atomic E-state index is 13.2. The van der Waals surface area contributed by atoms with E-state index in [1.165, 1.54) is 6.07 Å². The van der Waals surface area contributed by atoms with Crippen molar-refractivity contribution in [1.82, 2.24) is 14.5 Å². The number of amides is 1. The molecule has 5 rings (SSSR count). The van der Waals surface area contributed by atoms with Gasteiger partial charge >= 0.3 is 12.1 Å². The van der Waals surface area contributed by atoms with Crippen LogP contribution < -0.4 is 0 Å². The molecular formula is C26H22F3N3O3S. The third-order valence-corrected chi connectivity index (χ3v) is 7.44. The Morgan fingerprint density at radius 1 is 1.06 bits per heavy atom. The number of carbonyl (C=O) groups is 2. The first kappa shape index (κ1) is 24.1. The van der Waals surface area contributed by atoms with Crippen LogP contribution in [0.4, 0.5) is 13.2 Å². The molecule has 0 bridgehead atoms. The summed E-state index contributed by atoms with van der Waals surface area (Å²) in [6.07, 6.45) is -2.08. The molecule has 1 amide bonds. The number of pyridine rings is 1. The first-order chi connectivity index (χ1) is 17.2. The summed E-state index contributed by atoms with van der Waals surface area (Å²) in [5.41, 5.74) is 4.02. The number of rotatable bonds is 6. The van der Waals surface area contributed by atoms with E-state index < -0.39 is 17.0 Å². The number of benzene rings is 1. The van der Waals surface area contributed by atoms with Gasteiger partial charge in [0, 0.05) is 28.7 Å². The van der Waals surface area contributed by atoms with Gasteiger partial charge in [0.2, 0.25) is 5.91 Å². The van der Waals surface area contributed by atoms with Crippen LogP contribution in [0, 0.1) is 0 Å². The minimum atomic E-state index is -4.38. The van der Waals surface area contributed by atoms with Crippen molar-refractivity contribution in [2.45, 2.75) is 38.5 Å². The van der Waals surface area contributed by atoms with Gasteiger partial charge in [0.15, 0.2) is 0 Å². The summed E-state index contributed by atoms with van der Waals surface area (Å²) in [6.45, 7) is 1.09. The highest BCUT2D eigenvalue weighted by Crippen LogP contribution is 2.36. The van der Waals surface area contributed by atoms with Gasteiger partial charge in [-0.3, -0.25) is 9.59 Å². The molecule has 0 fully saturated rings. The second-order valence-electron chi connectivity index (χ2n) is 8.78. The Labute approximate surface area is 208 Å². The fourth-order valence-electron chi connectivity index (χ4n) is 4.73. The number of aliphatic carboxylic acids is 1. The third kappa shape index (κ3) is 4.86. The molecule has 0 radical (unpaired) electrons. The molecule has 0 atom stereocenters. The minimum Gasteiger partial charge on any atom is -0.481 e. The van der Waals surface area contributed by atoms with Crippen molar-refractivity contribution < 1.29 is 27.9 Å². The van der Waals surface area contributed by atoms with E-state index in [1.807, 2.05) is 16.7 Å². The topological polar surface area (TPSA) is 75.4 Å². The van der Waals surface area contributed by atoms with Crippen molar-refractivity contribution in [2.75, 3.05) is 6.54 Å². The summed E-state index contributed by atoms with van der Waals surface area (Å²) >= 11 is 0.716. The molecule has 0 aliphatic carbocycles. The Morgan fingerprint density at radius 3 is 2.56 bits per heavy atom. The number of carboxylic acid groups (broad SMARTS) is 1. The van der Waals surface area contributed by atoms with Crippen LogP contribution in [0.2, 0.25) is 0 Å². The van der Waals surface area contributed by atoms with Crippen LogP contribution in [0.3, 0.4) is 0 Å². The molecule has 1 aliphatic heterocycles. The smallest absolute Gasteiger partial charge is 0.425 e. The molecular weight excluding hydrogens is 491 g/mol. The molecule has 4 heterocycles. The number of fused-ring (bicyclic) bond motifs is 3. The monoisotopic (exact) mass is 513 g/mol. The maximum Gasteiger partial charge on any atom is 0.425 e. The summed E-state index contributed by atoms with van der Waals surface area (Å²) < 4.78 is 41.3. The largest absolute Gasteiger partial charge is 0.481 e. The Hall–Kier alpha value is -3.66. The summed E-state index contributed by atoms with van der Waals surface area (Å²) in [4.78, 5) is 30.4. The highest BCUT2D eigenvalue weighted by Gasteiger charge is 2.33. The number of thiophene rings is 1. The molecule has 1 N–H and O–H groups in total. The SMILES string of the molecule is O=C(O)Cc1cccc(CC(=O)N2CCc3c(n(Cc4ccc(C(F)(F)F)s4)c4ncccc34)C2)c1. The summed E-state index contributed by atoms with van der Waals surface area (Å²) in [5.74, 6) is -1.02. The summed E-state index contributed by atoms with van der Waals surface area (Å²) in [7, 11) is 0. The van der Waals surface area contributed by atoms with Crippen LogP contribution in [0.15, 0.2) is 54.7 Å². The molecule has 6 nitrogen and oxygen atoms in total. The second kappa shape index (κ2) is 9.42. The standard InChI is InChI=1S/C26H22F3N3O3S/c27-26(28,29)22-7-6-18(36-22)14-32-21-15-31(10-8-19(21)20-5-2-9-30-25(20)32)23(33)12-16-3-1-4-17(11-16)13-24(34)35/h1-7,9,11H,8,10,12-15H2,(H,34,35). The lowest BCUT2D eigenvalue weighted by atomic mass is 10.0. The first-order valence-corrected chi connectivity index (χ1v) is 12.2. The Balaban J connectivity index is 1.41. The number of nitrogens with zero attached hydrogens (tertiary/aromatic N) is 3. The Kier molecular flexibility index (Phi) is 6.29. The number of halogens is 3. The van der Waals surface area contributed by atoms with Crippen LogP contribution in [-0.4, -0.2) is 38.0 Å². The lowest BCUT2D eigenvalue weighted by Gasteiger charge is -2.28. The zero-order chi connectivity index (χ0) is 25.4. The van der Waals surface area contributed by atoms with Gasteiger partial charge in [-0.25, -0.2) is 4.98 Å². The van der Waals surface area contributed by atoms with E-state index in [4.69, 9.17) is 5.11 Å². The fraction of sp³-hybridized carbons (Fsp3) is 0.269. The number of hydrogen-bond acceptors (Lipinski definition) is 4. The average molecular weight is 514 g/mol. The van der Waals surface area contributed by atoms with Gasteiger partial charge in [0.25, 0.3) is 0 Å². The highest BCUT2D eigenvalue weighted by atomic mass is 32.1. The zero-order valence-electron chi connectivity index (χ0n) is 19.1. The van der Waals surface area contributed by atoms with Crippen molar-refractivity contribution in [3.63, 3.8) is 0 Å². The zero-order valence-corrected chi connectivity index (χ0v) is 19.9. The molecule has 1 aliphatic rings. The lowest BCUT2D eigenvalue weighted by molar-refractivity contribution is -0.136. The van der Waals surface area contributed by atoms with E-state index in [-0.39, 0.29) is 25.3 Å². The quantitative estimate of drug-likeness (QED) is 0.397. The van der Waals surface area contributed by atoms with Gasteiger partial charge in [-0.15, -0.1) is 11.3 Å². The molecule has 0 spiro atoms. The number of aromatic nitrogens is 2. The van der Waals surface area contributed by atoms with Gasteiger partial charge in [-0.2, -0.15) is 13.2 Å². The van der Waals surface area contributed by atoms with Crippen molar-refractivity contribution in [1.29, 1.82) is 0 Å². The Bertz CT molecular complexity index is 1460. The van der Waals surface area contributed by atoms with Crippen LogP contribution in [-0.2, 0) is 48.1 Å². The van der Waals surface area contributed by atoms with Gasteiger partial charge in [-0.05, 0) is 47.4 Å². The van der Waals surface area contributed by atoms with E-state index >= 15 is 0 Å². The minimum absolute atomic E-state index is 0.0895. The van der Waals surface area contributed by atoms with Gasteiger partial charge in [0.1, 0.15) is 10.5 Å². The fourth-order valence-corrected chi connectivity index (χ4v) is 5.59. The van der Waals surface area contributed by atoms with Crippen molar-refractivity contribution in [3.05, 3.63) is 86.9 Å². The number of hydrogen-bond donors (Lipinski definition) is 1. The van der Waals surface area contributed by atoms with Crippen LogP contribution in [0.1, 0.15) is 32.1 Å². The van der Waals surface area contributed by atoms with E-state index in [1.54, 1.807) is 35.4 Å². The van der Waals surface area contributed by atoms with E-state index in [0.29, 0.717) is 46.9 Å². The number of alkyl halides is 3. The van der Waals surface area contributed by atoms with E-state index in [2.05, 4.69) is 4.98 Å². The van der Waals surface area contributed by atoms with Gasteiger partial charge < -0.3 is 14.6 Å². The summed E-state index contributed by atoms with van der Waals surface area (Å²) in [5, 5.41) is 9.98.